The smallest absolute Gasteiger partial charge is 0.322 e. The SMILES string of the molecule is COc1ccc(NC(=O)N2CC(Oc3ccccn3)C2)cc1OC. The number of anilines is 1. The highest BCUT2D eigenvalue weighted by Crippen LogP contribution is 2.30. The van der Waals surface area contributed by atoms with Gasteiger partial charge < -0.3 is 24.4 Å². The minimum atomic E-state index is -0.178. The van der Waals surface area contributed by atoms with Crippen molar-refractivity contribution in [2.45, 2.75) is 6.10 Å². The Bertz CT molecular complexity index is 702. The highest BCUT2D eigenvalue weighted by atomic mass is 16.5. The van der Waals surface area contributed by atoms with Gasteiger partial charge in [0.15, 0.2) is 11.5 Å². The first-order valence-electron chi connectivity index (χ1n) is 7.55. The van der Waals surface area contributed by atoms with Crippen LogP contribution in [0.5, 0.6) is 17.4 Å². The third kappa shape index (κ3) is 3.51. The summed E-state index contributed by atoms with van der Waals surface area (Å²) in [6.45, 7) is 1.05. The summed E-state index contributed by atoms with van der Waals surface area (Å²) >= 11 is 0. The molecule has 0 atom stereocenters. The molecule has 1 N–H and O–H groups in total. The van der Waals surface area contributed by atoms with Crippen LogP contribution in [0.25, 0.3) is 0 Å². The molecular weight excluding hydrogens is 310 g/mol. The van der Waals surface area contributed by atoms with Gasteiger partial charge in [-0.3, -0.25) is 0 Å². The van der Waals surface area contributed by atoms with Gasteiger partial charge in [-0.2, -0.15) is 0 Å². The molecule has 0 spiro atoms. The third-order valence-corrected chi connectivity index (χ3v) is 3.70. The Morgan fingerprint density at radius 2 is 1.96 bits per heavy atom. The molecule has 0 saturated carbocycles. The number of methoxy groups -OCH3 is 2. The number of carbonyl (C=O) groups is 1. The van der Waals surface area contributed by atoms with Crippen LogP contribution in [0.15, 0.2) is 42.6 Å². The van der Waals surface area contributed by atoms with Gasteiger partial charge in [0.25, 0.3) is 0 Å². The fraction of sp³-hybridized carbons (Fsp3) is 0.294. The molecule has 1 aromatic carbocycles. The number of rotatable bonds is 5. The lowest BCUT2D eigenvalue weighted by atomic mass is 10.2. The maximum Gasteiger partial charge on any atom is 0.322 e. The van der Waals surface area contributed by atoms with E-state index in [4.69, 9.17) is 14.2 Å². The fourth-order valence-corrected chi connectivity index (χ4v) is 2.38. The third-order valence-electron chi connectivity index (χ3n) is 3.70. The fourth-order valence-electron chi connectivity index (χ4n) is 2.38. The van der Waals surface area contributed by atoms with Gasteiger partial charge in [0.05, 0.1) is 27.3 Å². The lowest BCUT2D eigenvalue weighted by Crippen LogP contribution is -2.57. The number of nitrogens with one attached hydrogen (secondary N) is 1. The average Bonchev–Trinajstić information content (AvgIpc) is 2.58. The summed E-state index contributed by atoms with van der Waals surface area (Å²) in [4.78, 5) is 18.0. The van der Waals surface area contributed by atoms with Crippen molar-refractivity contribution in [3.8, 4) is 17.4 Å². The number of hydrogen-bond donors (Lipinski definition) is 1. The Balaban J connectivity index is 1.52. The zero-order valence-corrected chi connectivity index (χ0v) is 13.6. The summed E-state index contributed by atoms with van der Waals surface area (Å²) in [5.74, 6) is 1.75. The Hall–Kier alpha value is -2.96. The van der Waals surface area contributed by atoms with Gasteiger partial charge in [0, 0.05) is 24.0 Å². The highest BCUT2D eigenvalue weighted by Gasteiger charge is 2.32. The van der Waals surface area contributed by atoms with Crippen LogP contribution in [0.3, 0.4) is 0 Å². The predicted molar refractivity (Wildman–Crippen MR) is 88.8 cm³/mol. The number of ether oxygens (including phenoxy) is 3. The van der Waals surface area contributed by atoms with Gasteiger partial charge in [-0.1, -0.05) is 6.07 Å². The number of nitrogens with zero attached hydrogens (tertiary/aromatic N) is 2. The van der Waals surface area contributed by atoms with Gasteiger partial charge in [0.2, 0.25) is 5.88 Å². The van der Waals surface area contributed by atoms with Crippen LogP contribution in [0.4, 0.5) is 10.5 Å². The van der Waals surface area contributed by atoms with Gasteiger partial charge in [-0.15, -0.1) is 0 Å². The number of hydrogen-bond acceptors (Lipinski definition) is 5. The van der Waals surface area contributed by atoms with Crippen LogP contribution >= 0.6 is 0 Å². The first-order chi connectivity index (χ1) is 11.7. The molecule has 7 nitrogen and oxygen atoms in total. The number of carbonyl (C=O) groups excluding carboxylic acids is 1. The predicted octanol–water partition coefficient (Wildman–Crippen LogP) is 2.39. The van der Waals surface area contributed by atoms with Crippen LogP contribution in [0, 0.1) is 0 Å². The summed E-state index contributed by atoms with van der Waals surface area (Å²) in [6.07, 6.45) is 1.64. The van der Waals surface area contributed by atoms with E-state index < -0.39 is 0 Å². The molecular formula is C17H19N3O4. The largest absolute Gasteiger partial charge is 0.493 e. The van der Waals surface area contributed by atoms with Crippen LogP contribution in [-0.4, -0.2) is 49.3 Å². The van der Waals surface area contributed by atoms with E-state index >= 15 is 0 Å². The average molecular weight is 329 g/mol. The quantitative estimate of drug-likeness (QED) is 0.912. The van der Waals surface area contributed by atoms with Crippen molar-refractivity contribution in [2.75, 3.05) is 32.6 Å². The van der Waals surface area contributed by atoms with E-state index in [1.807, 2.05) is 12.1 Å². The first-order valence-corrected chi connectivity index (χ1v) is 7.55. The minimum Gasteiger partial charge on any atom is -0.493 e. The van der Waals surface area contributed by atoms with Crippen molar-refractivity contribution >= 4 is 11.7 Å². The van der Waals surface area contributed by atoms with Crippen molar-refractivity contribution in [2.24, 2.45) is 0 Å². The van der Waals surface area contributed by atoms with E-state index in [-0.39, 0.29) is 12.1 Å². The van der Waals surface area contributed by atoms with E-state index in [0.29, 0.717) is 36.2 Å². The molecule has 126 valence electrons. The molecule has 1 fully saturated rings. The molecule has 1 aliphatic heterocycles. The minimum absolute atomic E-state index is 0.0314. The van der Waals surface area contributed by atoms with Gasteiger partial charge in [-0.25, -0.2) is 9.78 Å². The standard InChI is InChI=1S/C17H19N3O4/c1-22-14-7-6-12(9-15(14)23-2)19-17(21)20-10-13(11-20)24-16-5-3-4-8-18-16/h3-9,13H,10-11H2,1-2H3,(H,19,21). The Morgan fingerprint density at radius 1 is 1.17 bits per heavy atom. The van der Waals surface area contributed by atoms with Crippen LogP contribution < -0.4 is 19.5 Å². The van der Waals surface area contributed by atoms with E-state index in [1.165, 1.54) is 0 Å². The summed E-state index contributed by atoms with van der Waals surface area (Å²) < 4.78 is 16.1. The summed E-state index contributed by atoms with van der Waals surface area (Å²) in [7, 11) is 3.12. The van der Waals surface area contributed by atoms with Crippen LogP contribution in [-0.2, 0) is 0 Å². The van der Waals surface area contributed by atoms with E-state index in [2.05, 4.69) is 10.3 Å². The lowest BCUT2D eigenvalue weighted by molar-refractivity contribution is 0.0461. The zero-order chi connectivity index (χ0) is 16.9. The number of aromatic nitrogens is 1. The number of benzene rings is 1. The maximum absolute atomic E-state index is 12.2. The molecule has 0 aliphatic carbocycles. The second-order valence-corrected chi connectivity index (χ2v) is 5.31. The van der Waals surface area contributed by atoms with E-state index in [9.17, 15) is 4.79 Å². The van der Waals surface area contributed by atoms with Crippen molar-refractivity contribution in [3.05, 3.63) is 42.6 Å². The van der Waals surface area contributed by atoms with Crippen LogP contribution in [0.1, 0.15) is 0 Å². The molecule has 0 unspecified atom stereocenters. The monoisotopic (exact) mass is 329 g/mol. The van der Waals surface area contributed by atoms with E-state index in [0.717, 1.165) is 0 Å². The summed E-state index contributed by atoms with van der Waals surface area (Å²) in [6, 6.07) is 10.5. The van der Waals surface area contributed by atoms with Gasteiger partial charge >= 0.3 is 6.03 Å². The molecule has 1 saturated heterocycles. The van der Waals surface area contributed by atoms with Crippen molar-refractivity contribution in [1.82, 2.24) is 9.88 Å². The molecule has 0 bridgehead atoms. The lowest BCUT2D eigenvalue weighted by Gasteiger charge is -2.38. The normalized spacial score (nSPS) is 13.8. The Labute approximate surface area is 140 Å². The van der Waals surface area contributed by atoms with Crippen molar-refractivity contribution in [1.29, 1.82) is 0 Å². The maximum atomic E-state index is 12.2. The van der Waals surface area contributed by atoms with Crippen molar-refractivity contribution < 1.29 is 19.0 Å². The molecule has 2 amide bonds. The number of likely N-dealkylation sites (tertiary alicyclic amines) is 1. The Morgan fingerprint density at radius 3 is 2.62 bits per heavy atom. The topological polar surface area (TPSA) is 72.9 Å². The number of amides is 2. The molecule has 7 heteroatoms. The number of pyridine rings is 1. The molecule has 1 aromatic heterocycles. The second-order valence-electron chi connectivity index (χ2n) is 5.31. The first kappa shape index (κ1) is 15.9. The molecule has 3 rings (SSSR count). The molecule has 0 radical (unpaired) electrons. The molecule has 2 aromatic rings. The Kier molecular flexibility index (Phi) is 4.69. The van der Waals surface area contributed by atoms with E-state index in [1.54, 1.807) is 49.6 Å². The van der Waals surface area contributed by atoms with Crippen molar-refractivity contribution in [3.63, 3.8) is 0 Å². The van der Waals surface area contributed by atoms with Gasteiger partial charge in [-0.05, 0) is 18.2 Å². The zero-order valence-electron chi connectivity index (χ0n) is 13.6. The summed E-state index contributed by atoms with van der Waals surface area (Å²) in [5, 5.41) is 2.83. The molecule has 24 heavy (non-hydrogen) atoms. The van der Waals surface area contributed by atoms with Crippen LogP contribution in [0.2, 0.25) is 0 Å². The number of urea groups is 1. The molecule has 1 aliphatic rings. The highest BCUT2D eigenvalue weighted by molar-refractivity contribution is 5.90. The molecule has 2 heterocycles. The van der Waals surface area contributed by atoms with Gasteiger partial charge in [0.1, 0.15) is 6.10 Å². The summed E-state index contributed by atoms with van der Waals surface area (Å²) in [5.41, 5.74) is 0.645. The second kappa shape index (κ2) is 7.08.